The van der Waals surface area contributed by atoms with Gasteiger partial charge in [0.1, 0.15) is 5.82 Å². The first kappa shape index (κ1) is 20.7. The number of hydrogen-bond donors (Lipinski definition) is 1. The van der Waals surface area contributed by atoms with Crippen LogP contribution in [0.5, 0.6) is 0 Å². The maximum Gasteiger partial charge on any atom is 0.416 e. The molecule has 0 bridgehead atoms. The van der Waals surface area contributed by atoms with Gasteiger partial charge < -0.3 is 9.88 Å². The Morgan fingerprint density at radius 2 is 1.81 bits per heavy atom. The van der Waals surface area contributed by atoms with Crippen molar-refractivity contribution in [2.75, 3.05) is 0 Å². The predicted molar refractivity (Wildman–Crippen MR) is 113 cm³/mol. The average Bonchev–Trinajstić information content (AvgIpc) is 3.18. The van der Waals surface area contributed by atoms with Crippen LogP contribution in [0.25, 0.3) is 21.9 Å². The Morgan fingerprint density at radius 1 is 1.06 bits per heavy atom. The van der Waals surface area contributed by atoms with E-state index in [1.165, 1.54) is 12.1 Å². The van der Waals surface area contributed by atoms with Gasteiger partial charge in [-0.1, -0.05) is 36.4 Å². The Hall–Kier alpha value is -3.61. The highest BCUT2D eigenvalue weighted by atomic mass is 19.4. The zero-order valence-electron chi connectivity index (χ0n) is 16.9. The van der Waals surface area contributed by atoms with Gasteiger partial charge >= 0.3 is 6.18 Å². The van der Waals surface area contributed by atoms with Gasteiger partial charge in [0.15, 0.2) is 0 Å². The first-order chi connectivity index (χ1) is 14.7. The number of nitrogens with zero attached hydrogens (tertiary/aromatic N) is 2. The number of carbonyl (C=O) groups excluding carboxylic acids is 1. The summed E-state index contributed by atoms with van der Waals surface area (Å²) in [6, 6.07) is 15.7. The molecule has 31 heavy (non-hydrogen) atoms. The van der Waals surface area contributed by atoms with E-state index in [1.807, 2.05) is 49.0 Å². The van der Waals surface area contributed by atoms with Crippen LogP contribution in [0.2, 0.25) is 0 Å². The van der Waals surface area contributed by atoms with Crippen molar-refractivity contribution in [3.63, 3.8) is 0 Å². The van der Waals surface area contributed by atoms with E-state index in [1.54, 1.807) is 18.3 Å². The van der Waals surface area contributed by atoms with Gasteiger partial charge in [0.2, 0.25) is 0 Å². The number of alkyl halides is 3. The van der Waals surface area contributed by atoms with Gasteiger partial charge in [0.05, 0.1) is 11.6 Å². The number of halogens is 3. The summed E-state index contributed by atoms with van der Waals surface area (Å²) < 4.78 is 40.4. The van der Waals surface area contributed by atoms with Crippen LogP contribution < -0.4 is 5.32 Å². The third kappa shape index (κ3) is 4.17. The second-order valence-electron chi connectivity index (χ2n) is 7.41. The molecule has 4 aromatic rings. The van der Waals surface area contributed by atoms with E-state index in [9.17, 15) is 18.0 Å². The van der Waals surface area contributed by atoms with Crippen molar-refractivity contribution in [2.24, 2.45) is 7.05 Å². The van der Waals surface area contributed by atoms with Crippen molar-refractivity contribution in [3.05, 3.63) is 90.0 Å². The molecule has 1 N–H and O–H groups in total. The minimum atomic E-state index is -4.37. The number of rotatable bonds is 4. The monoisotopic (exact) mass is 423 g/mol. The zero-order chi connectivity index (χ0) is 22.2. The molecule has 0 fully saturated rings. The van der Waals surface area contributed by atoms with Gasteiger partial charge in [-0.25, -0.2) is 4.98 Å². The molecule has 0 aliphatic heterocycles. The fourth-order valence-electron chi connectivity index (χ4n) is 3.65. The lowest BCUT2D eigenvalue weighted by Crippen LogP contribution is -2.28. The molecule has 0 aliphatic carbocycles. The van der Waals surface area contributed by atoms with Crippen LogP contribution in [0.15, 0.2) is 73.1 Å². The molecule has 7 heteroatoms. The van der Waals surface area contributed by atoms with Crippen LogP contribution >= 0.6 is 0 Å². The summed E-state index contributed by atoms with van der Waals surface area (Å²) in [6.45, 7) is 1.87. The van der Waals surface area contributed by atoms with Crippen molar-refractivity contribution in [3.8, 4) is 11.1 Å². The van der Waals surface area contributed by atoms with Crippen molar-refractivity contribution in [1.29, 1.82) is 0 Å². The van der Waals surface area contributed by atoms with Crippen LogP contribution in [-0.2, 0) is 13.2 Å². The lowest BCUT2D eigenvalue weighted by molar-refractivity contribution is -0.137. The molecule has 1 heterocycles. The lowest BCUT2D eigenvalue weighted by Gasteiger charge is -2.14. The number of benzene rings is 3. The Balaban J connectivity index is 1.62. The van der Waals surface area contributed by atoms with E-state index in [-0.39, 0.29) is 11.9 Å². The Bertz CT molecular complexity index is 1240. The molecule has 1 atom stereocenters. The fraction of sp³-hybridized carbons (Fsp3) is 0.167. The highest BCUT2D eigenvalue weighted by Crippen LogP contribution is 2.33. The second kappa shape index (κ2) is 7.91. The van der Waals surface area contributed by atoms with Gasteiger partial charge in [-0.15, -0.1) is 0 Å². The van der Waals surface area contributed by atoms with Gasteiger partial charge in [-0.3, -0.25) is 4.79 Å². The maximum atomic E-state index is 12.9. The first-order valence-corrected chi connectivity index (χ1v) is 9.72. The minimum Gasteiger partial charge on any atom is -0.342 e. The van der Waals surface area contributed by atoms with Crippen molar-refractivity contribution in [1.82, 2.24) is 14.9 Å². The molecule has 0 saturated heterocycles. The van der Waals surface area contributed by atoms with E-state index in [0.29, 0.717) is 11.1 Å². The summed E-state index contributed by atoms with van der Waals surface area (Å²) in [5.41, 5.74) is 1.30. The molecule has 158 valence electrons. The van der Waals surface area contributed by atoms with Gasteiger partial charge in [-0.05, 0) is 53.1 Å². The molecule has 0 unspecified atom stereocenters. The molecule has 1 amide bonds. The highest BCUT2D eigenvalue weighted by molar-refractivity contribution is 6.02. The Morgan fingerprint density at radius 3 is 2.45 bits per heavy atom. The molecule has 4 rings (SSSR count). The number of imidazole rings is 1. The van der Waals surface area contributed by atoms with E-state index < -0.39 is 11.7 Å². The quantitative estimate of drug-likeness (QED) is 0.454. The molecule has 1 aromatic heterocycles. The number of aryl methyl sites for hydroxylation is 1. The van der Waals surface area contributed by atoms with E-state index in [2.05, 4.69) is 10.3 Å². The topological polar surface area (TPSA) is 46.9 Å². The number of amides is 1. The molecule has 0 aliphatic rings. The summed E-state index contributed by atoms with van der Waals surface area (Å²) >= 11 is 0. The van der Waals surface area contributed by atoms with Gasteiger partial charge in [-0.2, -0.15) is 13.2 Å². The summed E-state index contributed by atoms with van der Waals surface area (Å²) in [5, 5.41) is 4.63. The molecular weight excluding hydrogens is 403 g/mol. The molecule has 0 radical (unpaired) electrons. The number of aromatic nitrogens is 2. The number of hydrogen-bond acceptors (Lipinski definition) is 2. The molecule has 0 spiro atoms. The number of fused-ring (bicyclic) bond motifs is 1. The Kier molecular flexibility index (Phi) is 5.27. The average molecular weight is 423 g/mol. The normalized spacial score (nSPS) is 12.7. The summed E-state index contributed by atoms with van der Waals surface area (Å²) in [5.74, 6) is 0.524. The van der Waals surface area contributed by atoms with Crippen LogP contribution in [0, 0.1) is 0 Å². The fourth-order valence-corrected chi connectivity index (χ4v) is 3.65. The summed E-state index contributed by atoms with van der Waals surface area (Å²) in [7, 11) is 1.86. The number of nitrogens with one attached hydrogen (secondary N) is 1. The summed E-state index contributed by atoms with van der Waals surface area (Å²) in [4.78, 5) is 17.0. The van der Waals surface area contributed by atoms with Gasteiger partial charge in [0.25, 0.3) is 5.91 Å². The standard InChI is InChI=1S/C24H20F3N3O/c1-15(22-28-12-13-30(22)2)29-23(31)18-8-11-21-17(14-18)4-3-5-20(21)16-6-9-19(10-7-16)24(25,26)27/h3-15H,1-2H3,(H,29,31)/t15-/m1/s1. The van der Waals surface area contributed by atoms with Crippen LogP contribution in [0.3, 0.4) is 0 Å². The third-order valence-corrected chi connectivity index (χ3v) is 5.26. The highest BCUT2D eigenvalue weighted by Gasteiger charge is 2.30. The second-order valence-corrected chi connectivity index (χ2v) is 7.41. The third-order valence-electron chi connectivity index (χ3n) is 5.26. The maximum absolute atomic E-state index is 12.9. The van der Waals surface area contributed by atoms with E-state index in [0.717, 1.165) is 34.3 Å². The SMILES string of the molecule is C[C@@H](NC(=O)c1ccc2c(-c3ccc(C(F)(F)F)cc3)cccc2c1)c1nccn1C. The van der Waals surface area contributed by atoms with Crippen LogP contribution in [0.1, 0.15) is 34.7 Å². The van der Waals surface area contributed by atoms with E-state index in [4.69, 9.17) is 0 Å². The summed E-state index contributed by atoms with van der Waals surface area (Å²) in [6.07, 6.45) is -0.876. The largest absolute Gasteiger partial charge is 0.416 e. The van der Waals surface area contributed by atoms with Crippen LogP contribution in [0.4, 0.5) is 13.2 Å². The van der Waals surface area contributed by atoms with Gasteiger partial charge in [0, 0.05) is 25.0 Å². The van der Waals surface area contributed by atoms with E-state index >= 15 is 0 Å². The lowest BCUT2D eigenvalue weighted by atomic mass is 9.96. The van der Waals surface area contributed by atoms with Crippen molar-refractivity contribution in [2.45, 2.75) is 19.1 Å². The van der Waals surface area contributed by atoms with Crippen LogP contribution in [-0.4, -0.2) is 15.5 Å². The van der Waals surface area contributed by atoms with Crippen molar-refractivity contribution < 1.29 is 18.0 Å². The minimum absolute atomic E-state index is 0.225. The smallest absolute Gasteiger partial charge is 0.342 e. The molecule has 3 aromatic carbocycles. The zero-order valence-corrected chi connectivity index (χ0v) is 16.9. The molecular formula is C24H20F3N3O. The predicted octanol–water partition coefficient (Wildman–Crippen LogP) is 5.75. The Labute approximate surface area is 177 Å². The first-order valence-electron chi connectivity index (χ1n) is 9.72. The number of carbonyl (C=O) groups is 1. The van der Waals surface area contributed by atoms with Crippen molar-refractivity contribution >= 4 is 16.7 Å². The molecule has 4 nitrogen and oxygen atoms in total. The molecule has 0 saturated carbocycles.